The van der Waals surface area contributed by atoms with Gasteiger partial charge in [-0.25, -0.2) is 0 Å². The number of hydrogen-bond acceptors (Lipinski definition) is 1. The van der Waals surface area contributed by atoms with E-state index in [0.717, 1.165) is 11.8 Å². The van der Waals surface area contributed by atoms with Crippen LogP contribution in [0.1, 0.15) is 58.8 Å². The summed E-state index contributed by atoms with van der Waals surface area (Å²) in [7, 11) is 0. The number of hydrogen-bond donors (Lipinski definition) is 1. The van der Waals surface area contributed by atoms with E-state index in [9.17, 15) is 0 Å². The molecule has 0 spiro atoms. The van der Waals surface area contributed by atoms with Crippen molar-refractivity contribution in [3.63, 3.8) is 0 Å². The van der Waals surface area contributed by atoms with E-state index in [0.29, 0.717) is 6.04 Å². The fourth-order valence-electron chi connectivity index (χ4n) is 2.73. The fraction of sp³-hybridized carbons (Fsp3) is 1.00. The summed E-state index contributed by atoms with van der Waals surface area (Å²) in [5, 5.41) is 0. The van der Waals surface area contributed by atoms with Crippen molar-refractivity contribution in [2.45, 2.75) is 64.8 Å². The van der Waals surface area contributed by atoms with Crippen molar-refractivity contribution in [2.75, 3.05) is 0 Å². The van der Waals surface area contributed by atoms with Crippen LogP contribution < -0.4 is 5.73 Å². The minimum Gasteiger partial charge on any atom is -0.328 e. The van der Waals surface area contributed by atoms with Gasteiger partial charge in [-0.15, -0.1) is 0 Å². The van der Waals surface area contributed by atoms with Gasteiger partial charge >= 0.3 is 0 Å². The summed E-state index contributed by atoms with van der Waals surface area (Å²) in [4.78, 5) is 0. The van der Waals surface area contributed by atoms with E-state index in [1.807, 2.05) is 0 Å². The number of nitrogens with two attached hydrogens (primary N) is 1. The summed E-state index contributed by atoms with van der Waals surface area (Å²) in [6.45, 7) is 4.67. The molecule has 0 aromatic rings. The quantitative estimate of drug-likeness (QED) is 0.711. The molecule has 0 bridgehead atoms. The Bertz CT molecular complexity index is 133. The first kappa shape index (κ1) is 11.0. The van der Waals surface area contributed by atoms with Gasteiger partial charge in [0.1, 0.15) is 0 Å². The maximum atomic E-state index is 5.97. The summed E-state index contributed by atoms with van der Waals surface area (Å²) < 4.78 is 0. The number of rotatable bonds is 4. The molecule has 0 saturated heterocycles. The summed E-state index contributed by atoms with van der Waals surface area (Å²) in [6, 6.07) is 0.507. The van der Waals surface area contributed by atoms with E-state index in [1.165, 1.54) is 44.9 Å². The smallest absolute Gasteiger partial charge is 0.00414 e. The molecule has 0 heterocycles. The van der Waals surface area contributed by atoms with Crippen molar-refractivity contribution in [3.05, 3.63) is 0 Å². The van der Waals surface area contributed by atoms with E-state index < -0.39 is 0 Å². The summed E-state index contributed by atoms with van der Waals surface area (Å²) in [6.07, 6.45) is 9.49. The molecule has 1 heteroatoms. The second-order valence-electron chi connectivity index (χ2n) is 4.92. The van der Waals surface area contributed by atoms with Crippen molar-refractivity contribution in [1.29, 1.82) is 0 Å². The lowest BCUT2D eigenvalue weighted by Crippen LogP contribution is -2.28. The van der Waals surface area contributed by atoms with E-state index in [2.05, 4.69) is 13.8 Å². The first-order chi connectivity index (χ1) is 6.22. The van der Waals surface area contributed by atoms with Crippen LogP contribution in [0.3, 0.4) is 0 Å². The van der Waals surface area contributed by atoms with Crippen LogP contribution in [0, 0.1) is 11.8 Å². The lowest BCUT2D eigenvalue weighted by Gasteiger charge is -2.28. The Morgan fingerprint density at radius 1 is 1.38 bits per heavy atom. The lowest BCUT2D eigenvalue weighted by molar-refractivity contribution is 0.267. The summed E-state index contributed by atoms with van der Waals surface area (Å²) >= 11 is 0. The maximum absolute atomic E-state index is 5.97. The highest BCUT2D eigenvalue weighted by molar-refractivity contribution is 4.76. The van der Waals surface area contributed by atoms with Gasteiger partial charge in [0.15, 0.2) is 0 Å². The molecule has 13 heavy (non-hydrogen) atoms. The Labute approximate surface area is 83.1 Å². The van der Waals surface area contributed by atoms with E-state index in [4.69, 9.17) is 5.73 Å². The topological polar surface area (TPSA) is 26.0 Å². The molecular formula is C12H25N. The molecular weight excluding hydrogens is 158 g/mol. The van der Waals surface area contributed by atoms with Gasteiger partial charge < -0.3 is 5.73 Å². The van der Waals surface area contributed by atoms with Crippen LogP contribution >= 0.6 is 0 Å². The van der Waals surface area contributed by atoms with Crippen molar-refractivity contribution in [1.82, 2.24) is 0 Å². The first-order valence-corrected chi connectivity index (χ1v) is 5.98. The largest absolute Gasteiger partial charge is 0.328 e. The molecule has 78 valence electrons. The zero-order valence-electron chi connectivity index (χ0n) is 9.26. The highest BCUT2D eigenvalue weighted by Crippen LogP contribution is 2.29. The van der Waals surface area contributed by atoms with Gasteiger partial charge in [-0.1, -0.05) is 39.5 Å². The predicted molar refractivity (Wildman–Crippen MR) is 58.6 cm³/mol. The molecule has 2 N–H and O–H groups in total. The van der Waals surface area contributed by atoms with Crippen LogP contribution in [0.5, 0.6) is 0 Å². The second-order valence-corrected chi connectivity index (χ2v) is 4.92. The van der Waals surface area contributed by atoms with Crippen molar-refractivity contribution < 1.29 is 0 Å². The van der Waals surface area contributed by atoms with Crippen molar-refractivity contribution in [3.8, 4) is 0 Å². The molecule has 1 nitrogen and oxygen atoms in total. The van der Waals surface area contributed by atoms with E-state index >= 15 is 0 Å². The van der Waals surface area contributed by atoms with Gasteiger partial charge in [0.2, 0.25) is 0 Å². The molecule has 1 rings (SSSR count). The molecule has 0 aromatic carbocycles. The molecule has 0 aliphatic heterocycles. The van der Waals surface area contributed by atoms with E-state index in [-0.39, 0.29) is 0 Å². The normalized spacial score (nSPS) is 31.6. The maximum Gasteiger partial charge on any atom is 0.00414 e. The van der Waals surface area contributed by atoms with Crippen LogP contribution in [-0.4, -0.2) is 6.04 Å². The molecule has 1 fully saturated rings. The van der Waals surface area contributed by atoms with Gasteiger partial charge in [0, 0.05) is 6.04 Å². The van der Waals surface area contributed by atoms with Gasteiger partial charge in [-0.2, -0.15) is 0 Å². The van der Waals surface area contributed by atoms with Gasteiger partial charge in [0.25, 0.3) is 0 Å². The minimum absolute atomic E-state index is 0.507. The van der Waals surface area contributed by atoms with Crippen LogP contribution in [0.2, 0.25) is 0 Å². The van der Waals surface area contributed by atoms with Crippen LogP contribution in [0.25, 0.3) is 0 Å². The zero-order chi connectivity index (χ0) is 9.68. The monoisotopic (exact) mass is 183 g/mol. The Hall–Kier alpha value is -0.0400. The fourth-order valence-corrected chi connectivity index (χ4v) is 2.73. The Morgan fingerprint density at radius 3 is 2.77 bits per heavy atom. The first-order valence-electron chi connectivity index (χ1n) is 5.98. The standard InChI is InChI=1S/C12H25N/c1-3-5-10(2)8-11-6-4-7-12(13)9-11/h10-12H,3-9,13H2,1-2H3. The van der Waals surface area contributed by atoms with Gasteiger partial charge in [-0.05, 0) is 31.1 Å². The molecule has 0 aromatic heterocycles. The van der Waals surface area contributed by atoms with Gasteiger partial charge in [-0.3, -0.25) is 0 Å². The third-order valence-electron chi connectivity index (χ3n) is 3.34. The molecule has 0 radical (unpaired) electrons. The van der Waals surface area contributed by atoms with Crippen LogP contribution in [-0.2, 0) is 0 Å². The van der Waals surface area contributed by atoms with Gasteiger partial charge in [0.05, 0.1) is 0 Å². The molecule has 0 amide bonds. The highest BCUT2D eigenvalue weighted by Gasteiger charge is 2.20. The predicted octanol–water partition coefficient (Wildman–Crippen LogP) is 3.33. The molecule has 1 aliphatic carbocycles. The Balaban J connectivity index is 2.19. The Morgan fingerprint density at radius 2 is 2.15 bits per heavy atom. The molecule has 1 aliphatic rings. The summed E-state index contributed by atoms with van der Waals surface area (Å²) in [5.74, 6) is 1.85. The van der Waals surface area contributed by atoms with Crippen molar-refractivity contribution >= 4 is 0 Å². The second kappa shape index (κ2) is 5.64. The average Bonchev–Trinajstić information content (AvgIpc) is 2.04. The van der Waals surface area contributed by atoms with Crippen molar-refractivity contribution in [2.24, 2.45) is 17.6 Å². The summed E-state index contributed by atoms with van der Waals surface area (Å²) in [5.41, 5.74) is 5.97. The average molecular weight is 183 g/mol. The SMILES string of the molecule is CCCC(C)CC1CCCC(N)C1. The lowest BCUT2D eigenvalue weighted by atomic mass is 9.80. The Kier molecular flexibility index (Phi) is 4.79. The zero-order valence-corrected chi connectivity index (χ0v) is 9.26. The van der Waals surface area contributed by atoms with E-state index in [1.54, 1.807) is 0 Å². The third kappa shape index (κ3) is 4.12. The van der Waals surface area contributed by atoms with Crippen LogP contribution in [0.4, 0.5) is 0 Å². The van der Waals surface area contributed by atoms with Crippen LogP contribution in [0.15, 0.2) is 0 Å². The minimum atomic E-state index is 0.507. The third-order valence-corrected chi connectivity index (χ3v) is 3.34. The highest BCUT2D eigenvalue weighted by atomic mass is 14.6. The molecule has 3 unspecified atom stereocenters. The molecule has 1 saturated carbocycles. The molecule has 3 atom stereocenters.